The van der Waals surface area contributed by atoms with Crippen molar-refractivity contribution in [3.8, 4) is 5.75 Å². The van der Waals surface area contributed by atoms with E-state index in [1.54, 1.807) is 30.3 Å². The van der Waals surface area contributed by atoms with Gasteiger partial charge in [-0.15, -0.1) is 0 Å². The minimum absolute atomic E-state index is 0.365. The third kappa shape index (κ3) is 7.00. The van der Waals surface area contributed by atoms with Gasteiger partial charge in [-0.2, -0.15) is 0 Å². The van der Waals surface area contributed by atoms with Gasteiger partial charge < -0.3 is 14.8 Å². The van der Waals surface area contributed by atoms with Crippen LogP contribution < -0.4 is 10.1 Å². The monoisotopic (exact) mass is 449 g/mol. The molecule has 0 saturated heterocycles. The van der Waals surface area contributed by atoms with Crippen molar-refractivity contribution in [1.29, 1.82) is 0 Å². The van der Waals surface area contributed by atoms with E-state index in [-0.39, 0.29) is 0 Å². The van der Waals surface area contributed by atoms with Crippen LogP contribution in [0.2, 0.25) is 5.02 Å². The Morgan fingerprint density at radius 1 is 1.00 bits per heavy atom. The second-order valence-electron chi connectivity index (χ2n) is 7.22. The summed E-state index contributed by atoms with van der Waals surface area (Å²) in [5.74, 6) is -0.308. The third-order valence-electron chi connectivity index (χ3n) is 4.63. The summed E-state index contributed by atoms with van der Waals surface area (Å²) in [7, 11) is 0. The Morgan fingerprint density at radius 3 is 2.38 bits per heavy atom. The molecule has 0 radical (unpaired) electrons. The normalized spacial score (nSPS) is 11.7. The molecule has 3 aromatic carbocycles. The lowest BCUT2D eigenvalue weighted by molar-refractivity contribution is -0.148. The predicted molar refractivity (Wildman–Crippen MR) is 127 cm³/mol. The van der Waals surface area contributed by atoms with Gasteiger partial charge in [0.15, 0.2) is 6.10 Å². The molecule has 0 bridgehead atoms. The van der Waals surface area contributed by atoms with E-state index in [0.717, 1.165) is 16.7 Å². The van der Waals surface area contributed by atoms with Crippen LogP contribution in [-0.2, 0) is 20.9 Å². The molecule has 0 aliphatic heterocycles. The van der Waals surface area contributed by atoms with Crippen LogP contribution in [0, 0.1) is 6.92 Å². The summed E-state index contributed by atoms with van der Waals surface area (Å²) in [5, 5.41) is 3.38. The summed E-state index contributed by atoms with van der Waals surface area (Å²) in [6.45, 7) is 3.85. The Morgan fingerprint density at radius 2 is 1.69 bits per heavy atom. The van der Waals surface area contributed by atoms with Crippen LogP contribution in [0.4, 0.5) is 5.69 Å². The molecule has 32 heavy (non-hydrogen) atoms. The van der Waals surface area contributed by atoms with Crippen molar-refractivity contribution in [2.24, 2.45) is 0 Å². The zero-order valence-corrected chi connectivity index (χ0v) is 18.6. The number of aryl methyl sites for hydroxylation is 1. The van der Waals surface area contributed by atoms with E-state index < -0.39 is 18.0 Å². The second-order valence-corrected chi connectivity index (χ2v) is 7.62. The average molecular weight is 450 g/mol. The summed E-state index contributed by atoms with van der Waals surface area (Å²) in [6, 6.07) is 22.1. The number of hydrogen-bond acceptors (Lipinski definition) is 4. The number of hydrogen-bond donors (Lipinski definition) is 1. The van der Waals surface area contributed by atoms with Crippen molar-refractivity contribution in [2.75, 3.05) is 5.32 Å². The zero-order valence-electron chi connectivity index (χ0n) is 17.9. The van der Waals surface area contributed by atoms with Gasteiger partial charge in [-0.05, 0) is 55.8 Å². The highest BCUT2D eigenvalue weighted by atomic mass is 35.5. The molecular weight excluding hydrogens is 426 g/mol. The highest BCUT2D eigenvalue weighted by Crippen LogP contribution is 2.19. The van der Waals surface area contributed by atoms with Gasteiger partial charge in [-0.25, -0.2) is 4.79 Å². The fourth-order valence-corrected chi connectivity index (χ4v) is 2.95. The number of rotatable bonds is 8. The van der Waals surface area contributed by atoms with E-state index in [1.807, 2.05) is 55.5 Å². The molecule has 1 atom stereocenters. The summed E-state index contributed by atoms with van der Waals surface area (Å²) >= 11 is 6.13. The first-order valence-electron chi connectivity index (χ1n) is 10.1. The predicted octanol–water partition coefficient (Wildman–Crippen LogP) is 5.81. The van der Waals surface area contributed by atoms with Crippen molar-refractivity contribution in [3.63, 3.8) is 0 Å². The molecule has 0 aromatic heterocycles. The van der Waals surface area contributed by atoms with Gasteiger partial charge in [0.2, 0.25) is 0 Å². The average Bonchev–Trinajstić information content (AvgIpc) is 2.79. The molecule has 0 aliphatic rings. The van der Waals surface area contributed by atoms with Crippen LogP contribution in [0.1, 0.15) is 23.6 Å². The maximum absolute atomic E-state index is 12.2. The molecule has 0 saturated carbocycles. The van der Waals surface area contributed by atoms with Crippen molar-refractivity contribution >= 4 is 35.2 Å². The zero-order chi connectivity index (χ0) is 22.9. The van der Waals surface area contributed by atoms with Gasteiger partial charge in [0, 0.05) is 22.3 Å². The van der Waals surface area contributed by atoms with E-state index in [4.69, 9.17) is 21.1 Å². The van der Waals surface area contributed by atoms with Gasteiger partial charge in [-0.1, -0.05) is 59.6 Å². The highest BCUT2D eigenvalue weighted by molar-refractivity contribution is 6.31. The standard InChI is InChI=1S/C26H24ClNO4/c1-18-7-12-22(13-8-18)28-26(30)19(2)32-25(29)16-11-20-9-14-23(15-10-20)31-17-21-5-3-4-6-24(21)27/h3-16,19H,17H2,1-2H3,(H,28,30). The number of carbonyl (C=O) groups is 2. The molecule has 0 spiro atoms. The molecule has 6 heteroatoms. The Kier molecular flexibility index (Phi) is 8.06. The molecule has 1 amide bonds. The molecule has 0 fully saturated rings. The van der Waals surface area contributed by atoms with Gasteiger partial charge >= 0.3 is 5.97 Å². The Hall–Kier alpha value is -3.57. The minimum atomic E-state index is -0.922. The van der Waals surface area contributed by atoms with Crippen molar-refractivity contribution in [1.82, 2.24) is 0 Å². The molecule has 3 aromatic rings. The topological polar surface area (TPSA) is 64.6 Å². The highest BCUT2D eigenvalue weighted by Gasteiger charge is 2.16. The van der Waals surface area contributed by atoms with Crippen LogP contribution in [0.25, 0.3) is 6.08 Å². The number of carbonyl (C=O) groups excluding carboxylic acids is 2. The maximum atomic E-state index is 12.2. The van der Waals surface area contributed by atoms with E-state index in [1.165, 1.54) is 13.0 Å². The Bertz CT molecular complexity index is 1090. The smallest absolute Gasteiger partial charge is 0.331 e. The van der Waals surface area contributed by atoms with Gasteiger partial charge in [-0.3, -0.25) is 4.79 Å². The van der Waals surface area contributed by atoms with Crippen molar-refractivity contribution < 1.29 is 19.1 Å². The Balaban J connectivity index is 1.47. The van der Waals surface area contributed by atoms with Crippen LogP contribution in [0.15, 0.2) is 78.9 Å². The number of ether oxygens (including phenoxy) is 2. The largest absolute Gasteiger partial charge is 0.489 e. The maximum Gasteiger partial charge on any atom is 0.331 e. The first-order chi connectivity index (χ1) is 15.4. The van der Waals surface area contributed by atoms with Gasteiger partial charge in [0.05, 0.1) is 0 Å². The van der Waals surface area contributed by atoms with Crippen LogP contribution in [0.5, 0.6) is 5.75 Å². The van der Waals surface area contributed by atoms with Crippen LogP contribution >= 0.6 is 11.6 Å². The summed E-state index contributed by atoms with van der Waals surface area (Å²) in [5.41, 5.74) is 3.44. The molecule has 5 nitrogen and oxygen atoms in total. The number of amides is 1. The third-order valence-corrected chi connectivity index (χ3v) is 4.99. The number of nitrogens with one attached hydrogen (secondary N) is 1. The summed E-state index contributed by atoms with van der Waals surface area (Å²) in [6.07, 6.45) is 1.98. The molecule has 1 N–H and O–H groups in total. The lowest BCUT2D eigenvalue weighted by Gasteiger charge is -2.12. The quantitative estimate of drug-likeness (QED) is 0.348. The first-order valence-corrected chi connectivity index (χ1v) is 10.5. The molecule has 0 heterocycles. The number of halogens is 1. The molecule has 164 valence electrons. The van der Waals surface area contributed by atoms with Crippen molar-refractivity contribution in [2.45, 2.75) is 26.6 Å². The van der Waals surface area contributed by atoms with Crippen LogP contribution in [-0.4, -0.2) is 18.0 Å². The minimum Gasteiger partial charge on any atom is -0.489 e. The lowest BCUT2D eigenvalue weighted by Crippen LogP contribution is -2.29. The van der Waals surface area contributed by atoms with Gasteiger partial charge in [0.25, 0.3) is 5.91 Å². The van der Waals surface area contributed by atoms with E-state index in [9.17, 15) is 9.59 Å². The fraction of sp³-hybridized carbons (Fsp3) is 0.154. The summed E-state index contributed by atoms with van der Waals surface area (Å²) < 4.78 is 10.9. The van der Waals surface area contributed by atoms with E-state index >= 15 is 0 Å². The molecule has 1 unspecified atom stereocenters. The van der Waals surface area contributed by atoms with Gasteiger partial charge in [0.1, 0.15) is 12.4 Å². The first kappa shape index (κ1) is 23.1. The number of anilines is 1. The summed E-state index contributed by atoms with van der Waals surface area (Å²) in [4.78, 5) is 24.3. The SMILES string of the molecule is Cc1ccc(NC(=O)C(C)OC(=O)C=Cc2ccc(OCc3ccccc3Cl)cc2)cc1. The fourth-order valence-electron chi connectivity index (χ4n) is 2.76. The second kappa shape index (κ2) is 11.2. The van der Waals surface area contributed by atoms with E-state index in [0.29, 0.717) is 23.1 Å². The Labute approximate surface area is 192 Å². The van der Waals surface area contributed by atoms with Crippen molar-refractivity contribution in [3.05, 3.63) is 101 Å². The number of esters is 1. The molecule has 3 rings (SSSR count). The molecular formula is C26H24ClNO4. The lowest BCUT2D eigenvalue weighted by atomic mass is 10.2. The van der Waals surface area contributed by atoms with E-state index in [2.05, 4.69) is 5.32 Å². The van der Waals surface area contributed by atoms with Crippen LogP contribution in [0.3, 0.4) is 0 Å². The molecule has 0 aliphatic carbocycles. The number of benzene rings is 3.